The molecule has 1 saturated heterocycles. The number of aryl methyl sites for hydroxylation is 1. The minimum atomic E-state index is -3.58. The zero-order valence-corrected chi connectivity index (χ0v) is 22.1. The first-order valence-electron chi connectivity index (χ1n) is 11.7. The van der Waals surface area contributed by atoms with Crippen LogP contribution in [0.1, 0.15) is 40.9 Å². The third-order valence-corrected chi connectivity index (χ3v) is 9.37. The summed E-state index contributed by atoms with van der Waals surface area (Å²) < 4.78 is 28.5. The molecule has 36 heavy (non-hydrogen) atoms. The maximum absolute atomic E-state index is 13.7. The summed E-state index contributed by atoms with van der Waals surface area (Å²) >= 11 is 7.63. The van der Waals surface area contributed by atoms with Gasteiger partial charge in [-0.25, -0.2) is 13.4 Å². The lowest BCUT2D eigenvalue weighted by molar-refractivity contribution is 0.0984. The first-order valence-corrected chi connectivity index (χ1v) is 14.3. The highest BCUT2D eigenvalue weighted by Crippen LogP contribution is 2.34. The normalized spacial score (nSPS) is 14.7. The lowest BCUT2D eigenvalue weighted by Crippen LogP contribution is -2.35. The van der Waals surface area contributed by atoms with Crippen LogP contribution in [0.5, 0.6) is 0 Å². The molecule has 0 unspecified atom stereocenters. The Morgan fingerprint density at radius 2 is 1.83 bits per heavy atom. The number of amides is 1. The fourth-order valence-corrected chi connectivity index (χ4v) is 7.25. The Balaban J connectivity index is 1.49. The molecule has 0 radical (unpaired) electrons. The largest absolute Gasteiger partial charge is 0.278 e. The molecular formula is C26H25ClN4O3S2. The van der Waals surface area contributed by atoms with E-state index in [9.17, 15) is 13.2 Å². The third kappa shape index (κ3) is 5.01. The molecule has 1 aliphatic heterocycles. The van der Waals surface area contributed by atoms with E-state index in [0.29, 0.717) is 34.5 Å². The van der Waals surface area contributed by atoms with E-state index >= 15 is 0 Å². The molecule has 1 fully saturated rings. The molecule has 0 atom stereocenters. The standard InChI is InChI=1S/C26H25ClN4O3S2/c1-18-15-20(27)16-23-24(18)29-26(35-23)31(17-21-7-3-4-12-28-21)25(32)19-8-10-22(11-9-19)36(33,34)30-13-5-2-6-14-30/h3-4,7-12,15-16H,2,5-6,13-14,17H2,1H3. The summed E-state index contributed by atoms with van der Waals surface area (Å²) in [5.74, 6) is -0.287. The number of carbonyl (C=O) groups is 1. The molecule has 7 nitrogen and oxygen atoms in total. The van der Waals surface area contributed by atoms with Crippen molar-refractivity contribution in [2.45, 2.75) is 37.6 Å². The van der Waals surface area contributed by atoms with Crippen LogP contribution in [0.4, 0.5) is 5.13 Å². The highest BCUT2D eigenvalue weighted by molar-refractivity contribution is 7.89. The summed E-state index contributed by atoms with van der Waals surface area (Å²) in [7, 11) is -3.58. The number of benzene rings is 2. The Morgan fingerprint density at radius 3 is 2.53 bits per heavy atom. The van der Waals surface area contributed by atoms with Gasteiger partial charge in [-0.1, -0.05) is 35.4 Å². The van der Waals surface area contributed by atoms with Gasteiger partial charge in [0.05, 0.1) is 27.4 Å². The van der Waals surface area contributed by atoms with E-state index in [2.05, 4.69) is 4.98 Å². The Kier molecular flexibility index (Phi) is 7.07. The monoisotopic (exact) mass is 540 g/mol. The number of rotatable bonds is 6. The molecule has 2 aromatic heterocycles. The van der Waals surface area contributed by atoms with E-state index in [1.165, 1.54) is 27.8 Å². The van der Waals surface area contributed by atoms with Crippen molar-refractivity contribution in [3.63, 3.8) is 0 Å². The number of aromatic nitrogens is 2. The molecule has 2 aromatic carbocycles. The zero-order valence-electron chi connectivity index (χ0n) is 19.7. The second kappa shape index (κ2) is 10.3. The molecule has 1 aliphatic rings. The van der Waals surface area contributed by atoms with Crippen LogP contribution in [0, 0.1) is 6.92 Å². The summed E-state index contributed by atoms with van der Waals surface area (Å²) in [6.45, 7) is 3.22. The third-order valence-electron chi connectivity index (χ3n) is 6.22. The van der Waals surface area contributed by atoms with Crippen LogP contribution in [0.25, 0.3) is 10.2 Å². The van der Waals surface area contributed by atoms with Crippen molar-refractivity contribution in [1.29, 1.82) is 0 Å². The average molecular weight is 541 g/mol. The molecule has 0 N–H and O–H groups in total. The van der Waals surface area contributed by atoms with Gasteiger partial charge in [0.1, 0.15) is 0 Å². The minimum absolute atomic E-state index is 0.197. The fraction of sp³-hybridized carbons (Fsp3) is 0.269. The number of piperidine rings is 1. The molecule has 10 heteroatoms. The van der Waals surface area contributed by atoms with Gasteiger partial charge in [-0.3, -0.25) is 14.7 Å². The van der Waals surface area contributed by atoms with Gasteiger partial charge in [0.15, 0.2) is 5.13 Å². The number of fused-ring (bicyclic) bond motifs is 1. The topological polar surface area (TPSA) is 83.5 Å². The highest BCUT2D eigenvalue weighted by atomic mass is 35.5. The van der Waals surface area contributed by atoms with Gasteiger partial charge in [0, 0.05) is 29.9 Å². The van der Waals surface area contributed by atoms with E-state index < -0.39 is 10.0 Å². The molecule has 3 heterocycles. The van der Waals surface area contributed by atoms with Crippen molar-refractivity contribution < 1.29 is 13.2 Å². The molecule has 1 amide bonds. The van der Waals surface area contributed by atoms with Gasteiger partial charge < -0.3 is 0 Å². The van der Waals surface area contributed by atoms with E-state index in [-0.39, 0.29) is 17.3 Å². The van der Waals surface area contributed by atoms with Gasteiger partial charge in [-0.2, -0.15) is 4.31 Å². The molecule has 0 saturated carbocycles. The number of hydrogen-bond donors (Lipinski definition) is 0. The van der Waals surface area contributed by atoms with Crippen molar-refractivity contribution in [3.8, 4) is 0 Å². The number of sulfonamides is 1. The Morgan fingerprint density at radius 1 is 1.08 bits per heavy atom. The van der Waals surface area contributed by atoms with Crippen LogP contribution in [-0.4, -0.2) is 41.7 Å². The van der Waals surface area contributed by atoms with E-state index in [4.69, 9.17) is 16.6 Å². The van der Waals surface area contributed by atoms with Crippen LogP contribution in [-0.2, 0) is 16.6 Å². The molecule has 0 spiro atoms. The first kappa shape index (κ1) is 24.8. The molecule has 186 valence electrons. The van der Waals surface area contributed by atoms with Crippen molar-refractivity contribution in [2.75, 3.05) is 18.0 Å². The summed E-state index contributed by atoms with van der Waals surface area (Å²) in [4.78, 5) is 24.6. The number of halogens is 1. The second-order valence-electron chi connectivity index (χ2n) is 8.77. The predicted octanol–water partition coefficient (Wildman–Crippen LogP) is 5.67. The fourth-order valence-electron chi connectivity index (χ4n) is 4.32. The van der Waals surface area contributed by atoms with Crippen molar-refractivity contribution in [3.05, 3.63) is 82.6 Å². The number of hydrogen-bond acceptors (Lipinski definition) is 6. The zero-order chi connectivity index (χ0) is 25.3. The molecule has 0 bridgehead atoms. The smallest absolute Gasteiger partial charge is 0.260 e. The van der Waals surface area contributed by atoms with Gasteiger partial charge in [-0.15, -0.1) is 0 Å². The van der Waals surface area contributed by atoms with Crippen LogP contribution < -0.4 is 4.90 Å². The summed E-state index contributed by atoms with van der Waals surface area (Å²) in [6.07, 6.45) is 4.46. The van der Waals surface area contributed by atoms with Crippen LogP contribution in [0.2, 0.25) is 5.02 Å². The highest BCUT2D eigenvalue weighted by Gasteiger charge is 2.27. The number of thiazole rings is 1. The van der Waals surface area contributed by atoms with Gasteiger partial charge >= 0.3 is 0 Å². The molecule has 4 aromatic rings. The van der Waals surface area contributed by atoms with Gasteiger partial charge in [-0.05, 0) is 73.9 Å². The van der Waals surface area contributed by atoms with Crippen molar-refractivity contribution in [1.82, 2.24) is 14.3 Å². The van der Waals surface area contributed by atoms with E-state index in [1.807, 2.05) is 37.3 Å². The average Bonchev–Trinajstić information content (AvgIpc) is 3.32. The molecule has 0 aliphatic carbocycles. The lowest BCUT2D eigenvalue weighted by atomic mass is 10.2. The number of anilines is 1. The van der Waals surface area contributed by atoms with Crippen LogP contribution in [0.3, 0.4) is 0 Å². The Labute approximate surface area is 219 Å². The second-order valence-corrected chi connectivity index (χ2v) is 12.2. The Bertz CT molecular complexity index is 1500. The van der Waals surface area contributed by atoms with E-state index in [1.54, 1.807) is 23.2 Å². The molecular weight excluding hydrogens is 516 g/mol. The van der Waals surface area contributed by atoms with Gasteiger partial charge in [0.25, 0.3) is 5.91 Å². The number of nitrogens with zero attached hydrogens (tertiary/aromatic N) is 4. The first-order chi connectivity index (χ1) is 17.3. The Hall–Kier alpha value is -2.85. The SMILES string of the molecule is Cc1cc(Cl)cc2sc(N(Cc3ccccn3)C(=O)c3ccc(S(=O)(=O)N4CCCCC4)cc3)nc12. The van der Waals surface area contributed by atoms with Crippen LogP contribution >= 0.6 is 22.9 Å². The summed E-state index contributed by atoms with van der Waals surface area (Å²) in [5.41, 5.74) is 2.81. The lowest BCUT2D eigenvalue weighted by Gasteiger charge is -2.26. The van der Waals surface area contributed by atoms with Gasteiger partial charge in [0.2, 0.25) is 10.0 Å². The maximum Gasteiger partial charge on any atom is 0.260 e. The summed E-state index contributed by atoms with van der Waals surface area (Å²) in [5, 5.41) is 1.14. The van der Waals surface area contributed by atoms with E-state index in [0.717, 1.165) is 35.0 Å². The molecule has 5 rings (SSSR count). The minimum Gasteiger partial charge on any atom is -0.278 e. The van der Waals surface area contributed by atoms with Crippen molar-refractivity contribution >= 4 is 54.2 Å². The van der Waals surface area contributed by atoms with Crippen molar-refractivity contribution in [2.24, 2.45) is 0 Å². The quantitative estimate of drug-likeness (QED) is 0.314. The predicted molar refractivity (Wildman–Crippen MR) is 143 cm³/mol. The number of carbonyl (C=O) groups excluding carboxylic acids is 1. The number of pyridine rings is 1. The maximum atomic E-state index is 13.7. The van der Waals surface area contributed by atoms with Crippen LogP contribution in [0.15, 0.2) is 65.7 Å². The summed E-state index contributed by atoms with van der Waals surface area (Å²) in [6, 6.07) is 15.4.